The highest BCUT2D eigenvalue weighted by molar-refractivity contribution is 5.46. The number of nitrogens with zero attached hydrogens (tertiary/aromatic N) is 2. The quantitative estimate of drug-likeness (QED) is 0.721. The van der Waals surface area contributed by atoms with Gasteiger partial charge in [-0.2, -0.15) is 0 Å². The maximum absolute atomic E-state index is 4.58. The van der Waals surface area contributed by atoms with Crippen molar-refractivity contribution >= 4 is 5.65 Å². The SMILES string of the molecule is Cc1cc(C)n2c(C3CCCCC3)cnc2c1. The van der Waals surface area contributed by atoms with E-state index in [0.29, 0.717) is 0 Å². The number of hydrogen-bond donors (Lipinski definition) is 0. The largest absolute Gasteiger partial charge is 0.301 e. The van der Waals surface area contributed by atoms with Crippen LogP contribution in [0.2, 0.25) is 0 Å². The van der Waals surface area contributed by atoms with Crippen molar-refractivity contribution in [2.45, 2.75) is 51.9 Å². The smallest absolute Gasteiger partial charge is 0.137 e. The first-order chi connectivity index (χ1) is 8.25. The van der Waals surface area contributed by atoms with Gasteiger partial charge in [-0.15, -0.1) is 0 Å². The van der Waals surface area contributed by atoms with Crippen LogP contribution in [0.3, 0.4) is 0 Å². The molecule has 0 amide bonds. The number of aromatic nitrogens is 2. The Bertz CT molecular complexity index is 533. The van der Waals surface area contributed by atoms with Gasteiger partial charge in [0.05, 0.1) is 0 Å². The molecule has 3 rings (SSSR count). The Hall–Kier alpha value is -1.31. The van der Waals surface area contributed by atoms with Gasteiger partial charge in [-0.3, -0.25) is 0 Å². The molecule has 2 nitrogen and oxygen atoms in total. The molecule has 1 aliphatic rings. The lowest BCUT2D eigenvalue weighted by Crippen LogP contribution is -2.08. The Morgan fingerprint density at radius 1 is 1.12 bits per heavy atom. The molecule has 0 radical (unpaired) electrons. The van der Waals surface area contributed by atoms with Gasteiger partial charge in [0.1, 0.15) is 5.65 Å². The van der Waals surface area contributed by atoms with Gasteiger partial charge in [-0.1, -0.05) is 19.3 Å². The van der Waals surface area contributed by atoms with E-state index in [1.54, 1.807) is 0 Å². The van der Waals surface area contributed by atoms with E-state index in [9.17, 15) is 0 Å². The van der Waals surface area contributed by atoms with Crippen LogP contribution in [-0.2, 0) is 0 Å². The molecule has 2 aromatic rings. The fraction of sp³-hybridized carbons (Fsp3) is 0.533. The minimum absolute atomic E-state index is 0.722. The molecule has 1 aliphatic carbocycles. The van der Waals surface area contributed by atoms with E-state index in [-0.39, 0.29) is 0 Å². The van der Waals surface area contributed by atoms with Gasteiger partial charge in [0.15, 0.2) is 0 Å². The van der Waals surface area contributed by atoms with E-state index in [4.69, 9.17) is 0 Å². The predicted molar refractivity (Wildman–Crippen MR) is 70.5 cm³/mol. The Morgan fingerprint density at radius 2 is 1.88 bits per heavy atom. The molecule has 0 aliphatic heterocycles. The molecule has 0 atom stereocenters. The zero-order valence-corrected chi connectivity index (χ0v) is 10.7. The topological polar surface area (TPSA) is 17.3 Å². The van der Waals surface area contributed by atoms with Crippen LogP contribution < -0.4 is 0 Å². The van der Waals surface area contributed by atoms with E-state index in [2.05, 4.69) is 41.6 Å². The number of hydrogen-bond acceptors (Lipinski definition) is 1. The van der Waals surface area contributed by atoms with E-state index < -0.39 is 0 Å². The molecule has 0 aromatic carbocycles. The lowest BCUT2D eigenvalue weighted by atomic mass is 9.87. The van der Waals surface area contributed by atoms with E-state index in [1.165, 1.54) is 49.1 Å². The van der Waals surface area contributed by atoms with E-state index in [0.717, 1.165) is 11.6 Å². The van der Waals surface area contributed by atoms with Crippen molar-refractivity contribution in [1.29, 1.82) is 0 Å². The number of aryl methyl sites for hydroxylation is 2. The van der Waals surface area contributed by atoms with E-state index in [1.807, 2.05) is 0 Å². The molecule has 0 bridgehead atoms. The molecule has 0 N–H and O–H groups in total. The summed E-state index contributed by atoms with van der Waals surface area (Å²) >= 11 is 0. The van der Waals surface area contributed by atoms with Crippen LogP contribution in [0.15, 0.2) is 18.3 Å². The van der Waals surface area contributed by atoms with Crippen LogP contribution in [0.4, 0.5) is 0 Å². The molecular formula is C15H20N2. The summed E-state index contributed by atoms with van der Waals surface area (Å²) in [5.74, 6) is 0.722. The highest BCUT2D eigenvalue weighted by atomic mass is 15.0. The summed E-state index contributed by atoms with van der Waals surface area (Å²) in [4.78, 5) is 4.58. The number of rotatable bonds is 1. The highest BCUT2D eigenvalue weighted by Crippen LogP contribution is 2.33. The number of pyridine rings is 1. The minimum atomic E-state index is 0.722. The van der Waals surface area contributed by atoms with Crippen molar-refractivity contribution in [2.75, 3.05) is 0 Å². The predicted octanol–water partition coefficient (Wildman–Crippen LogP) is 4.00. The zero-order valence-electron chi connectivity index (χ0n) is 10.7. The second kappa shape index (κ2) is 4.17. The Morgan fingerprint density at radius 3 is 2.65 bits per heavy atom. The van der Waals surface area contributed by atoms with Crippen molar-refractivity contribution in [2.24, 2.45) is 0 Å². The highest BCUT2D eigenvalue weighted by Gasteiger charge is 2.19. The molecule has 17 heavy (non-hydrogen) atoms. The maximum Gasteiger partial charge on any atom is 0.137 e. The van der Waals surface area contributed by atoms with Gasteiger partial charge in [-0.05, 0) is 44.4 Å². The molecule has 0 saturated heterocycles. The summed E-state index contributed by atoms with van der Waals surface area (Å²) in [6, 6.07) is 4.43. The van der Waals surface area contributed by atoms with Gasteiger partial charge in [0.2, 0.25) is 0 Å². The standard InChI is InChI=1S/C15H20N2/c1-11-8-12(2)17-14(10-16-15(17)9-11)13-6-4-3-5-7-13/h8-10,13H,3-7H2,1-2H3. The average Bonchev–Trinajstić information content (AvgIpc) is 2.74. The fourth-order valence-corrected chi connectivity index (χ4v) is 3.19. The van der Waals surface area contributed by atoms with Crippen LogP contribution in [0.1, 0.15) is 55.0 Å². The first-order valence-electron chi connectivity index (χ1n) is 6.70. The summed E-state index contributed by atoms with van der Waals surface area (Å²) < 4.78 is 2.35. The lowest BCUT2D eigenvalue weighted by molar-refractivity contribution is 0.434. The molecule has 90 valence electrons. The number of imidazole rings is 1. The van der Waals surface area contributed by atoms with Gasteiger partial charge >= 0.3 is 0 Å². The van der Waals surface area contributed by atoms with Crippen molar-refractivity contribution < 1.29 is 0 Å². The second-order valence-electron chi connectivity index (χ2n) is 5.39. The average molecular weight is 228 g/mol. The number of fused-ring (bicyclic) bond motifs is 1. The van der Waals surface area contributed by atoms with Crippen molar-refractivity contribution in [3.05, 3.63) is 35.3 Å². The summed E-state index contributed by atoms with van der Waals surface area (Å²) in [7, 11) is 0. The Labute approximate surface area is 103 Å². The first kappa shape index (κ1) is 10.8. The molecule has 1 fully saturated rings. The van der Waals surface area contributed by atoms with Crippen molar-refractivity contribution in [1.82, 2.24) is 9.38 Å². The minimum Gasteiger partial charge on any atom is -0.301 e. The summed E-state index contributed by atoms with van der Waals surface area (Å²) in [6.45, 7) is 4.33. The first-order valence-corrected chi connectivity index (χ1v) is 6.70. The Kier molecular flexibility index (Phi) is 2.65. The fourth-order valence-electron chi connectivity index (χ4n) is 3.19. The van der Waals surface area contributed by atoms with Crippen LogP contribution in [0.5, 0.6) is 0 Å². The monoisotopic (exact) mass is 228 g/mol. The van der Waals surface area contributed by atoms with Crippen LogP contribution >= 0.6 is 0 Å². The van der Waals surface area contributed by atoms with Crippen LogP contribution in [0, 0.1) is 13.8 Å². The zero-order chi connectivity index (χ0) is 11.8. The second-order valence-corrected chi connectivity index (χ2v) is 5.39. The molecule has 0 unspecified atom stereocenters. The van der Waals surface area contributed by atoms with Crippen LogP contribution in [0.25, 0.3) is 5.65 Å². The Balaban J connectivity index is 2.10. The third kappa shape index (κ3) is 1.86. The third-order valence-corrected chi connectivity index (χ3v) is 3.99. The maximum atomic E-state index is 4.58. The van der Waals surface area contributed by atoms with Crippen LogP contribution in [-0.4, -0.2) is 9.38 Å². The summed E-state index contributed by atoms with van der Waals surface area (Å²) in [5, 5.41) is 0. The van der Waals surface area contributed by atoms with Crippen molar-refractivity contribution in [3.63, 3.8) is 0 Å². The molecule has 2 aromatic heterocycles. The van der Waals surface area contributed by atoms with Crippen molar-refractivity contribution in [3.8, 4) is 0 Å². The summed E-state index contributed by atoms with van der Waals surface area (Å²) in [6.07, 6.45) is 8.93. The van der Waals surface area contributed by atoms with E-state index >= 15 is 0 Å². The molecular weight excluding hydrogens is 208 g/mol. The molecule has 1 saturated carbocycles. The third-order valence-electron chi connectivity index (χ3n) is 3.99. The lowest BCUT2D eigenvalue weighted by Gasteiger charge is -2.21. The molecule has 2 heteroatoms. The normalized spacial score (nSPS) is 17.8. The summed E-state index contributed by atoms with van der Waals surface area (Å²) in [5.41, 5.74) is 5.16. The van der Waals surface area contributed by atoms with Gasteiger partial charge < -0.3 is 4.40 Å². The van der Waals surface area contributed by atoms with Gasteiger partial charge in [-0.25, -0.2) is 4.98 Å². The molecule has 2 heterocycles. The molecule has 0 spiro atoms. The van der Waals surface area contributed by atoms with Gasteiger partial charge in [0.25, 0.3) is 0 Å². The van der Waals surface area contributed by atoms with Gasteiger partial charge in [0, 0.05) is 23.5 Å².